The third-order valence-electron chi connectivity index (χ3n) is 3.80. The summed E-state index contributed by atoms with van der Waals surface area (Å²) in [4.78, 5) is 13.5. The van der Waals surface area contributed by atoms with Crippen LogP contribution >= 0.6 is 0 Å². The van der Waals surface area contributed by atoms with E-state index in [1.54, 1.807) is 7.05 Å². The number of carbonyl (C=O) groups excluding carboxylic acids is 1. The molecule has 0 radical (unpaired) electrons. The van der Waals surface area contributed by atoms with Gasteiger partial charge < -0.3 is 10.6 Å². The summed E-state index contributed by atoms with van der Waals surface area (Å²) in [6, 6.07) is -0.493. The minimum absolute atomic E-state index is 0.00854. The van der Waals surface area contributed by atoms with Crippen LogP contribution in [0.15, 0.2) is 0 Å². The average Bonchev–Trinajstić information content (AvgIpc) is 2.35. The smallest absolute Gasteiger partial charge is 0.239 e. The average molecular weight is 290 g/mol. The number of likely N-dealkylation sites (N-methyl/N-ethyl adjacent to an activating group) is 1. The first kappa shape index (κ1) is 16.4. The molecule has 1 saturated carbocycles. The predicted molar refractivity (Wildman–Crippen MR) is 76.5 cm³/mol. The molecule has 1 atom stereocenters. The number of nitrogens with two attached hydrogens (primary N) is 1. The van der Waals surface area contributed by atoms with Crippen LogP contribution in [0.1, 0.15) is 38.5 Å². The Morgan fingerprint density at radius 1 is 1.32 bits per heavy atom. The molecule has 1 amide bonds. The van der Waals surface area contributed by atoms with E-state index < -0.39 is 15.9 Å². The topological polar surface area (TPSA) is 80.5 Å². The zero-order chi connectivity index (χ0) is 14.5. The van der Waals surface area contributed by atoms with Crippen molar-refractivity contribution in [3.05, 3.63) is 0 Å². The summed E-state index contributed by atoms with van der Waals surface area (Å²) in [5.41, 5.74) is 5.95. The predicted octanol–water partition coefficient (Wildman–Crippen LogP) is 0.787. The van der Waals surface area contributed by atoms with Crippen molar-refractivity contribution in [1.29, 1.82) is 0 Å². The van der Waals surface area contributed by atoms with E-state index in [0.717, 1.165) is 19.3 Å². The molecule has 112 valence electrons. The Balaban J connectivity index is 2.37. The minimum atomic E-state index is -3.04. The molecule has 0 spiro atoms. The molecule has 1 unspecified atom stereocenters. The third kappa shape index (κ3) is 6.38. The van der Waals surface area contributed by atoms with Gasteiger partial charge in [0.2, 0.25) is 5.91 Å². The summed E-state index contributed by atoms with van der Waals surface area (Å²) < 4.78 is 22.2. The zero-order valence-electron chi connectivity index (χ0n) is 12.0. The van der Waals surface area contributed by atoms with E-state index >= 15 is 0 Å². The van der Waals surface area contributed by atoms with Crippen molar-refractivity contribution in [3.63, 3.8) is 0 Å². The number of rotatable bonds is 6. The van der Waals surface area contributed by atoms with Crippen LogP contribution in [0.5, 0.6) is 0 Å². The lowest BCUT2D eigenvalue weighted by Crippen LogP contribution is -2.44. The fourth-order valence-corrected chi connectivity index (χ4v) is 3.18. The van der Waals surface area contributed by atoms with E-state index in [0.29, 0.717) is 5.92 Å². The molecule has 0 aromatic heterocycles. The highest BCUT2D eigenvalue weighted by molar-refractivity contribution is 7.90. The summed E-state index contributed by atoms with van der Waals surface area (Å²) in [5, 5.41) is 0. The zero-order valence-corrected chi connectivity index (χ0v) is 12.8. The molecule has 0 aromatic carbocycles. The molecule has 0 bridgehead atoms. The van der Waals surface area contributed by atoms with E-state index in [9.17, 15) is 13.2 Å². The summed E-state index contributed by atoms with van der Waals surface area (Å²) in [6.45, 7) is 0.218. The van der Waals surface area contributed by atoms with Crippen molar-refractivity contribution >= 4 is 15.7 Å². The Morgan fingerprint density at radius 2 is 1.89 bits per heavy atom. The number of amides is 1. The van der Waals surface area contributed by atoms with E-state index in [-0.39, 0.29) is 18.2 Å². The molecule has 0 saturated heterocycles. The Labute approximate surface area is 116 Å². The van der Waals surface area contributed by atoms with E-state index in [4.69, 9.17) is 5.73 Å². The normalized spacial score (nSPS) is 19.1. The fraction of sp³-hybridized carbons (Fsp3) is 0.923. The van der Waals surface area contributed by atoms with Crippen LogP contribution in [0.3, 0.4) is 0 Å². The van der Waals surface area contributed by atoms with Gasteiger partial charge in [0.15, 0.2) is 0 Å². The lowest BCUT2D eigenvalue weighted by Gasteiger charge is -2.26. The molecule has 0 aromatic rings. The molecule has 1 fully saturated rings. The van der Waals surface area contributed by atoms with Gasteiger partial charge >= 0.3 is 0 Å². The maximum atomic E-state index is 12.0. The monoisotopic (exact) mass is 290 g/mol. The Morgan fingerprint density at radius 3 is 2.42 bits per heavy atom. The van der Waals surface area contributed by atoms with Gasteiger partial charge in [0, 0.05) is 19.8 Å². The number of hydrogen-bond donors (Lipinski definition) is 1. The van der Waals surface area contributed by atoms with E-state index in [2.05, 4.69) is 0 Å². The second-order valence-electron chi connectivity index (χ2n) is 5.74. The van der Waals surface area contributed by atoms with Crippen LogP contribution in [-0.4, -0.2) is 50.9 Å². The molecule has 1 aliphatic rings. The molecule has 1 rings (SSSR count). The van der Waals surface area contributed by atoms with Crippen LogP contribution in [-0.2, 0) is 14.6 Å². The summed E-state index contributed by atoms with van der Waals surface area (Å²) in [7, 11) is -1.42. The SMILES string of the molecule is CN(CCS(C)(=O)=O)C(=O)C(N)CC1CCCCC1. The van der Waals surface area contributed by atoms with Gasteiger partial charge in [-0.3, -0.25) is 4.79 Å². The van der Waals surface area contributed by atoms with Gasteiger partial charge in [0.1, 0.15) is 9.84 Å². The maximum absolute atomic E-state index is 12.0. The Bertz CT molecular complexity index is 389. The van der Waals surface area contributed by atoms with Gasteiger partial charge in [-0.2, -0.15) is 0 Å². The summed E-state index contributed by atoms with van der Waals surface area (Å²) in [5.74, 6) is 0.399. The largest absolute Gasteiger partial charge is 0.343 e. The second kappa shape index (κ2) is 7.24. The minimum Gasteiger partial charge on any atom is -0.343 e. The van der Waals surface area contributed by atoms with Gasteiger partial charge in [0.25, 0.3) is 0 Å². The second-order valence-corrected chi connectivity index (χ2v) is 8.00. The van der Waals surface area contributed by atoms with Crippen molar-refractivity contribution in [2.24, 2.45) is 11.7 Å². The molecular weight excluding hydrogens is 264 g/mol. The van der Waals surface area contributed by atoms with Crippen molar-refractivity contribution in [3.8, 4) is 0 Å². The fourth-order valence-electron chi connectivity index (χ4n) is 2.58. The first-order valence-electron chi connectivity index (χ1n) is 6.98. The maximum Gasteiger partial charge on any atom is 0.239 e. The van der Waals surface area contributed by atoms with Gasteiger partial charge in [0.05, 0.1) is 11.8 Å². The van der Waals surface area contributed by atoms with Crippen LogP contribution in [0.2, 0.25) is 0 Å². The lowest BCUT2D eigenvalue weighted by molar-refractivity contribution is -0.131. The van der Waals surface area contributed by atoms with Gasteiger partial charge in [-0.15, -0.1) is 0 Å². The van der Waals surface area contributed by atoms with Gasteiger partial charge in [-0.25, -0.2) is 8.42 Å². The quantitative estimate of drug-likeness (QED) is 0.784. The molecule has 2 N–H and O–H groups in total. The number of carbonyl (C=O) groups is 1. The van der Waals surface area contributed by atoms with E-state index in [1.807, 2.05) is 0 Å². The number of nitrogens with zero attached hydrogens (tertiary/aromatic N) is 1. The molecule has 0 heterocycles. The number of sulfone groups is 1. The number of hydrogen-bond acceptors (Lipinski definition) is 4. The van der Waals surface area contributed by atoms with Gasteiger partial charge in [-0.1, -0.05) is 32.1 Å². The molecule has 5 nitrogen and oxygen atoms in total. The third-order valence-corrected chi connectivity index (χ3v) is 4.73. The highest BCUT2D eigenvalue weighted by Gasteiger charge is 2.23. The van der Waals surface area contributed by atoms with Crippen molar-refractivity contribution in [2.75, 3.05) is 25.6 Å². The molecule has 6 heteroatoms. The van der Waals surface area contributed by atoms with Crippen molar-refractivity contribution < 1.29 is 13.2 Å². The lowest BCUT2D eigenvalue weighted by atomic mass is 9.85. The first-order chi connectivity index (χ1) is 8.79. The van der Waals surface area contributed by atoms with Crippen molar-refractivity contribution in [2.45, 2.75) is 44.6 Å². The summed E-state index contributed by atoms with van der Waals surface area (Å²) in [6.07, 6.45) is 7.97. The van der Waals surface area contributed by atoms with Crippen LogP contribution in [0.25, 0.3) is 0 Å². The first-order valence-corrected chi connectivity index (χ1v) is 9.04. The summed E-state index contributed by atoms with van der Waals surface area (Å²) >= 11 is 0. The Kier molecular flexibility index (Phi) is 6.26. The van der Waals surface area contributed by atoms with Crippen LogP contribution in [0.4, 0.5) is 0 Å². The molecule has 1 aliphatic carbocycles. The molecular formula is C13H26N2O3S. The molecule has 19 heavy (non-hydrogen) atoms. The van der Waals surface area contributed by atoms with Crippen molar-refractivity contribution in [1.82, 2.24) is 4.90 Å². The van der Waals surface area contributed by atoms with Crippen LogP contribution in [0, 0.1) is 5.92 Å². The molecule has 0 aliphatic heterocycles. The highest BCUT2D eigenvalue weighted by Crippen LogP contribution is 2.27. The standard InChI is InChI=1S/C13H26N2O3S/c1-15(8-9-19(2,17)18)13(16)12(14)10-11-6-4-3-5-7-11/h11-12H,3-10,14H2,1-2H3. The van der Waals surface area contributed by atoms with Gasteiger partial charge in [-0.05, 0) is 12.3 Å². The highest BCUT2D eigenvalue weighted by atomic mass is 32.2. The van der Waals surface area contributed by atoms with Crippen LogP contribution < -0.4 is 5.73 Å². The Hall–Kier alpha value is -0.620. The van der Waals surface area contributed by atoms with E-state index in [1.165, 1.54) is 30.4 Å².